The first-order valence-electron chi connectivity index (χ1n) is 6.06. The number of halogens is 1. The lowest BCUT2D eigenvalue weighted by molar-refractivity contribution is 0.931. The molecule has 2 heterocycles. The Labute approximate surface area is 119 Å². The molecule has 1 aromatic carbocycles. The smallest absolute Gasteiger partial charge is 0.349 e. The quantitative estimate of drug-likeness (QED) is 0.773. The molecule has 0 aliphatic heterocycles. The molecule has 0 amide bonds. The Morgan fingerprint density at radius 2 is 2.25 bits per heavy atom. The Bertz CT molecular complexity index is 823. The van der Waals surface area contributed by atoms with Crippen molar-refractivity contribution in [3.63, 3.8) is 0 Å². The number of aryl methyl sites for hydroxylation is 1. The maximum atomic E-state index is 11.5. The SMILES string of the molecule is Cc1nc(NCc2cccc(Cl)c2)cc2n[nH]c(=O)n12. The molecule has 0 fully saturated rings. The molecule has 0 bridgehead atoms. The van der Waals surface area contributed by atoms with E-state index in [-0.39, 0.29) is 5.69 Å². The summed E-state index contributed by atoms with van der Waals surface area (Å²) in [5.74, 6) is 1.24. The number of anilines is 1. The van der Waals surface area contributed by atoms with Crippen LogP contribution in [0.25, 0.3) is 5.65 Å². The Balaban J connectivity index is 1.86. The van der Waals surface area contributed by atoms with Gasteiger partial charge >= 0.3 is 5.69 Å². The number of benzene rings is 1. The zero-order valence-electron chi connectivity index (χ0n) is 10.7. The molecule has 0 radical (unpaired) electrons. The van der Waals surface area contributed by atoms with Crippen LogP contribution >= 0.6 is 11.6 Å². The van der Waals surface area contributed by atoms with Crippen LogP contribution in [0.1, 0.15) is 11.4 Å². The van der Waals surface area contributed by atoms with Gasteiger partial charge in [0.15, 0.2) is 5.65 Å². The minimum absolute atomic E-state index is 0.286. The predicted molar refractivity (Wildman–Crippen MR) is 77.1 cm³/mol. The average Bonchev–Trinajstić information content (AvgIpc) is 2.79. The summed E-state index contributed by atoms with van der Waals surface area (Å²) >= 11 is 5.94. The molecule has 0 unspecified atom stereocenters. The number of rotatable bonds is 3. The van der Waals surface area contributed by atoms with Crippen LogP contribution in [0.4, 0.5) is 5.82 Å². The van der Waals surface area contributed by atoms with Crippen LogP contribution in [0.15, 0.2) is 35.1 Å². The van der Waals surface area contributed by atoms with Gasteiger partial charge in [-0.3, -0.25) is 0 Å². The van der Waals surface area contributed by atoms with E-state index in [1.165, 1.54) is 4.40 Å². The minimum Gasteiger partial charge on any atom is -0.366 e. The van der Waals surface area contributed by atoms with Gasteiger partial charge in [0, 0.05) is 17.6 Å². The number of fused-ring (bicyclic) bond motifs is 1. The molecule has 0 spiro atoms. The van der Waals surface area contributed by atoms with Crippen LogP contribution in [-0.4, -0.2) is 19.6 Å². The van der Waals surface area contributed by atoms with Crippen molar-refractivity contribution in [2.45, 2.75) is 13.5 Å². The summed E-state index contributed by atoms with van der Waals surface area (Å²) in [7, 11) is 0. The molecule has 102 valence electrons. The van der Waals surface area contributed by atoms with Crippen molar-refractivity contribution < 1.29 is 0 Å². The second-order valence-electron chi connectivity index (χ2n) is 4.39. The number of aromatic nitrogens is 4. The molecule has 0 aliphatic carbocycles. The number of hydrogen-bond acceptors (Lipinski definition) is 4. The lowest BCUT2D eigenvalue weighted by Gasteiger charge is -2.07. The highest BCUT2D eigenvalue weighted by Crippen LogP contribution is 2.13. The number of nitrogens with one attached hydrogen (secondary N) is 2. The van der Waals surface area contributed by atoms with E-state index in [0.717, 1.165) is 5.56 Å². The van der Waals surface area contributed by atoms with Gasteiger partial charge in [-0.25, -0.2) is 19.3 Å². The van der Waals surface area contributed by atoms with Gasteiger partial charge in [-0.1, -0.05) is 23.7 Å². The third-order valence-electron chi connectivity index (χ3n) is 2.93. The highest BCUT2D eigenvalue weighted by atomic mass is 35.5. The molecule has 3 rings (SSSR count). The highest BCUT2D eigenvalue weighted by Gasteiger charge is 2.06. The fourth-order valence-corrected chi connectivity index (χ4v) is 2.24. The number of hydrogen-bond donors (Lipinski definition) is 2. The predicted octanol–water partition coefficient (Wildman–Crippen LogP) is 1.99. The topological polar surface area (TPSA) is 75.1 Å². The number of aromatic amines is 1. The van der Waals surface area contributed by atoms with E-state index >= 15 is 0 Å². The third kappa shape index (κ3) is 2.37. The number of H-pyrrole nitrogens is 1. The van der Waals surface area contributed by atoms with E-state index in [0.29, 0.717) is 28.9 Å². The molecule has 6 nitrogen and oxygen atoms in total. The summed E-state index contributed by atoms with van der Waals surface area (Å²) < 4.78 is 1.42. The highest BCUT2D eigenvalue weighted by molar-refractivity contribution is 6.30. The van der Waals surface area contributed by atoms with E-state index < -0.39 is 0 Å². The minimum atomic E-state index is -0.286. The number of nitrogens with zero attached hydrogens (tertiary/aromatic N) is 3. The average molecular weight is 290 g/mol. The Hall–Kier alpha value is -2.34. The Kier molecular flexibility index (Phi) is 3.15. The molecule has 3 aromatic rings. The van der Waals surface area contributed by atoms with Crippen LogP contribution in [0, 0.1) is 6.92 Å². The lowest BCUT2D eigenvalue weighted by atomic mass is 10.2. The Morgan fingerprint density at radius 1 is 1.40 bits per heavy atom. The van der Waals surface area contributed by atoms with E-state index in [9.17, 15) is 4.79 Å². The van der Waals surface area contributed by atoms with Gasteiger partial charge in [-0.2, -0.15) is 5.10 Å². The summed E-state index contributed by atoms with van der Waals surface area (Å²) in [4.78, 5) is 15.8. The first-order chi connectivity index (χ1) is 9.63. The van der Waals surface area contributed by atoms with Gasteiger partial charge < -0.3 is 5.32 Å². The normalized spacial score (nSPS) is 10.9. The maximum absolute atomic E-state index is 11.5. The third-order valence-corrected chi connectivity index (χ3v) is 3.17. The summed E-state index contributed by atoms with van der Waals surface area (Å²) in [5.41, 5.74) is 1.30. The van der Waals surface area contributed by atoms with Crippen molar-refractivity contribution in [1.82, 2.24) is 19.6 Å². The van der Waals surface area contributed by atoms with Gasteiger partial charge in [0.1, 0.15) is 11.6 Å². The molecular weight excluding hydrogens is 278 g/mol. The van der Waals surface area contributed by atoms with E-state index in [2.05, 4.69) is 20.5 Å². The van der Waals surface area contributed by atoms with Crippen LogP contribution in [0.5, 0.6) is 0 Å². The van der Waals surface area contributed by atoms with Gasteiger partial charge in [-0.15, -0.1) is 0 Å². The molecule has 0 saturated heterocycles. The van der Waals surface area contributed by atoms with Crippen molar-refractivity contribution in [2.75, 3.05) is 5.32 Å². The van der Waals surface area contributed by atoms with Crippen LogP contribution in [0.3, 0.4) is 0 Å². The molecule has 2 aromatic heterocycles. The zero-order valence-corrected chi connectivity index (χ0v) is 11.5. The van der Waals surface area contributed by atoms with Crippen molar-refractivity contribution in [1.29, 1.82) is 0 Å². The lowest BCUT2D eigenvalue weighted by Crippen LogP contribution is -2.14. The summed E-state index contributed by atoms with van der Waals surface area (Å²) in [5, 5.41) is 10.2. The van der Waals surface area contributed by atoms with Gasteiger partial charge in [0.25, 0.3) is 0 Å². The monoisotopic (exact) mass is 289 g/mol. The first kappa shape index (κ1) is 12.7. The Morgan fingerprint density at radius 3 is 3.05 bits per heavy atom. The van der Waals surface area contributed by atoms with Crippen LogP contribution in [0.2, 0.25) is 5.02 Å². The fraction of sp³-hybridized carbons (Fsp3) is 0.154. The van der Waals surface area contributed by atoms with E-state index in [1.54, 1.807) is 13.0 Å². The molecule has 2 N–H and O–H groups in total. The molecular formula is C13H12ClN5O. The molecule has 0 aliphatic rings. The van der Waals surface area contributed by atoms with E-state index in [4.69, 9.17) is 11.6 Å². The van der Waals surface area contributed by atoms with Crippen molar-refractivity contribution in [3.8, 4) is 0 Å². The van der Waals surface area contributed by atoms with E-state index in [1.807, 2.05) is 24.3 Å². The van der Waals surface area contributed by atoms with Gasteiger partial charge in [0.2, 0.25) is 0 Å². The van der Waals surface area contributed by atoms with Crippen LogP contribution in [-0.2, 0) is 6.54 Å². The van der Waals surface area contributed by atoms with Gasteiger partial charge in [-0.05, 0) is 24.6 Å². The van der Waals surface area contributed by atoms with Crippen molar-refractivity contribution >= 4 is 23.1 Å². The fourth-order valence-electron chi connectivity index (χ4n) is 2.03. The van der Waals surface area contributed by atoms with Crippen molar-refractivity contribution in [2.24, 2.45) is 0 Å². The molecule has 20 heavy (non-hydrogen) atoms. The molecule has 0 saturated carbocycles. The second-order valence-corrected chi connectivity index (χ2v) is 4.83. The first-order valence-corrected chi connectivity index (χ1v) is 6.44. The summed E-state index contributed by atoms with van der Waals surface area (Å²) in [6.07, 6.45) is 0. The van der Waals surface area contributed by atoms with Gasteiger partial charge in [0.05, 0.1) is 0 Å². The summed E-state index contributed by atoms with van der Waals surface area (Å²) in [6, 6.07) is 9.31. The second kappa shape index (κ2) is 4.97. The largest absolute Gasteiger partial charge is 0.366 e. The van der Waals surface area contributed by atoms with Crippen molar-refractivity contribution in [3.05, 3.63) is 57.2 Å². The maximum Gasteiger partial charge on any atom is 0.349 e. The molecule has 7 heteroatoms. The zero-order chi connectivity index (χ0) is 14.1. The van der Waals surface area contributed by atoms with Crippen LogP contribution < -0.4 is 11.0 Å². The molecule has 0 atom stereocenters. The standard InChI is InChI=1S/C13H12ClN5O/c1-8-16-11(6-12-17-18-13(20)19(8)12)15-7-9-3-2-4-10(14)5-9/h2-6,15H,7H2,1H3,(H,18,20). The summed E-state index contributed by atoms with van der Waals surface area (Å²) in [6.45, 7) is 2.35.